The van der Waals surface area contributed by atoms with Gasteiger partial charge in [0.2, 0.25) is 5.78 Å². The van der Waals surface area contributed by atoms with E-state index in [1.54, 1.807) is 17.4 Å². The number of thioether (sulfide) groups is 1. The maximum atomic E-state index is 12.4. The van der Waals surface area contributed by atoms with Crippen molar-refractivity contribution < 1.29 is 13.9 Å². The Morgan fingerprint density at radius 1 is 1.24 bits per heavy atom. The van der Waals surface area contributed by atoms with Crippen molar-refractivity contribution in [3.05, 3.63) is 54.3 Å². The fraction of sp³-hybridized carbons (Fsp3) is 0.158. The molecule has 0 radical (unpaired) electrons. The molecule has 4 rings (SSSR count). The largest absolute Gasteiger partial charge is 0.494 e. The van der Waals surface area contributed by atoms with Crippen molar-refractivity contribution in [2.45, 2.75) is 11.3 Å². The molecule has 0 aliphatic rings. The zero-order valence-corrected chi connectivity index (χ0v) is 15.2. The Morgan fingerprint density at radius 2 is 2.12 bits per heavy atom. The standard InChI is InChI=1S/C19H15NO3S2/c1-2-22-13-7-8-14-18(10-13)25-19(20-14)24-11-15(21)17-9-12-5-3-4-6-16(12)23-17/h3-10H,2,11H2,1H3. The monoisotopic (exact) mass is 369 g/mol. The lowest BCUT2D eigenvalue weighted by Gasteiger charge is -2.00. The van der Waals surface area contributed by atoms with Crippen LogP contribution in [0, 0.1) is 0 Å². The molecule has 0 N–H and O–H groups in total. The first kappa shape index (κ1) is 16.2. The molecule has 0 aliphatic carbocycles. The summed E-state index contributed by atoms with van der Waals surface area (Å²) in [6.07, 6.45) is 0. The summed E-state index contributed by atoms with van der Waals surface area (Å²) in [5.41, 5.74) is 1.66. The van der Waals surface area contributed by atoms with E-state index in [0.717, 1.165) is 31.3 Å². The number of benzene rings is 2. The molecule has 6 heteroatoms. The van der Waals surface area contributed by atoms with Gasteiger partial charge in [-0.05, 0) is 37.3 Å². The molecule has 25 heavy (non-hydrogen) atoms. The number of thiazole rings is 1. The number of nitrogens with zero attached hydrogens (tertiary/aromatic N) is 1. The lowest BCUT2D eigenvalue weighted by atomic mass is 10.2. The quantitative estimate of drug-likeness (QED) is 0.336. The van der Waals surface area contributed by atoms with Crippen LogP contribution >= 0.6 is 23.1 Å². The van der Waals surface area contributed by atoms with Gasteiger partial charge < -0.3 is 9.15 Å². The number of aromatic nitrogens is 1. The van der Waals surface area contributed by atoms with Gasteiger partial charge in [0.1, 0.15) is 11.3 Å². The number of rotatable bonds is 6. The molecule has 0 unspecified atom stereocenters. The maximum absolute atomic E-state index is 12.4. The van der Waals surface area contributed by atoms with Crippen LogP contribution in [0.5, 0.6) is 5.75 Å². The number of ether oxygens (including phenoxy) is 1. The van der Waals surface area contributed by atoms with Crippen LogP contribution in [0.15, 0.2) is 57.3 Å². The average Bonchev–Trinajstić information content (AvgIpc) is 3.23. The van der Waals surface area contributed by atoms with E-state index < -0.39 is 0 Å². The van der Waals surface area contributed by atoms with Crippen molar-refractivity contribution in [3.8, 4) is 5.75 Å². The molecule has 4 aromatic rings. The number of para-hydroxylation sites is 1. The van der Waals surface area contributed by atoms with Crippen molar-refractivity contribution in [1.82, 2.24) is 4.98 Å². The molecule has 0 fully saturated rings. The SMILES string of the molecule is CCOc1ccc2nc(SCC(=O)c3cc4ccccc4o3)sc2c1. The van der Waals surface area contributed by atoms with Gasteiger partial charge in [-0.15, -0.1) is 11.3 Å². The highest BCUT2D eigenvalue weighted by atomic mass is 32.2. The molecule has 0 atom stereocenters. The topological polar surface area (TPSA) is 52.3 Å². The Hall–Kier alpha value is -2.31. The maximum Gasteiger partial charge on any atom is 0.208 e. The smallest absolute Gasteiger partial charge is 0.208 e. The number of carbonyl (C=O) groups is 1. The summed E-state index contributed by atoms with van der Waals surface area (Å²) in [6.45, 7) is 2.60. The van der Waals surface area contributed by atoms with E-state index in [2.05, 4.69) is 4.98 Å². The average molecular weight is 369 g/mol. The van der Waals surface area contributed by atoms with E-state index in [0.29, 0.717) is 18.1 Å². The van der Waals surface area contributed by atoms with Crippen LogP contribution < -0.4 is 4.74 Å². The number of furan rings is 1. The summed E-state index contributed by atoms with van der Waals surface area (Å²) < 4.78 is 13.1. The van der Waals surface area contributed by atoms with Gasteiger partial charge in [-0.1, -0.05) is 30.0 Å². The van der Waals surface area contributed by atoms with E-state index in [1.807, 2.05) is 49.4 Å². The molecule has 126 valence electrons. The number of carbonyl (C=O) groups excluding carboxylic acids is 1. The van der Waals surface area contributed by atoms with Crippen molar-refractivity contribution in [2.24, 2.45) is 0 Å². The fourth-order valence-electron chi connectivity index (χ4n) is 2.52. The van der Waals surface area contributed by atoms with E-state index in [1.165, 1.54) is 11.8 Å². The molecule has 0 saturated carbocycles. The van der Waals surface area contributed by atoms with Gasteiger partial charge in [-0.2, -0.15) is 0 Å². The van der Waals surface area contributed by atoms with Crippen LogP contribution in [-0.4, -0.2) is 23.1 Å². The lowest BCUT2D eigenvalue weighted by Crippen LogP contribution is -1.99. The summed E-state index contributed by atoms with van der Waals surface area (Å²) in [7, 11) is 0. The molecule has 2 aromatic carbocycles. The summed E-state index contributed by atoms with van der Waals surface area (Å²) in [5.74, 6) is 1.51. The Balaban J connectivity index is 1.48. The van der Waals surface area contributed by atoms with Crippen molar-refractivity contribution in [3.63, 3.8) is 0 Å². The third kappa shape index (κ3) is 3.41. The predicted molar refractivity (Wildman–Crippen MR) is 102 cm³/mol. The number of ketones is 1. The van der Waals surface area contributed by atoms with Crippen LogP contribution in [0.25, 0.3) is 21.2 Å². The summed E-state index contributed by atoms with van der Waals surface area (Å²) in [6, 6.07) is 15.3. The summed E-state index contributed by atoms with van der Waals surface area (Å²) in [4.78, 5) is 16.9. The molecule has 0 spiro atoms. The zero-order valence-electron chi connectivity index (χ0n) is 13.5. The summed E-state index contributed by atoms with van der Waals surface area (Å²) >= 11 is 3.00. The third-order valence-electron chi connectivity index (χ3n) is 3.68. The molecule has 0 amide bonds. The number of fused-ring (bicyclic) bond motifs is 2. The highest BCUT2D eigenvalue weighted by Crippen LogP contribution is 2.32. The van der Waals surface area contributed by atoms with E-state index in [4.69, 9.17) is 9.15 Å². The van der Waals surface area contributed by atoms with Crippen LogP contribution in [0.2, 0.25) is 0 Å². The molecule has 2 heterocycles. The number of hydrogen-bond acceptors (Lipinski definition) is 6. The van der Waals surface area contributed by atoms with Gasteiger partial charge in [-0.25, -0.2) is 4.98 Å². The second-order valence-electron chi connectivity index (χ2n) is 5.40. The second kappa shape index (κ2) is 6.90. The minimum Gasteiger partial charge on any atom is -0.494 e. The molecule has 0 saturated heterocycles. The van der Waals surface area contributed by atoms with Crippen molar-refractivity contribution >= 4 is 50.1 Å². The molecule has 0 bridgehead atoms. The Labute approximate surface area is 152 Å². The minimum absolute atomic E-state index is 0.0320. The van der Waals surface area contributed by atoms with Crippen LogP contribution in [0.3, 0.4) is 0 Å². The second-order valence-corrected chi connectivity index (χ2v) is 7.66. The molecule has 4 nitrogen and oxygen atoms in total. The Morgan fingerprint density at radius 3 is 2.96 bits per heavy atom. The van der Waals surface area contributed by atoms with Gasteiger partial charge >= 0.3 is 0 Å². The van der Waals surface area contributed by atoms with Gasteiger partial charge in [-0.3, -0.25) is 4.79 Å². The Kier molecular flexibility index (Phi) is 4.46. The molecular formula is C19H15NO3S2. The normalized spacial score (nSPS) is 11.2. The first-order chi connectivity index (χ1) is 12.2. The van der Waals surface area contributed by atoms with E-state index in [9.17, 15) is 4.79 Å². The zero-order chi connectivity index (χ0) is 17.2. The van der Waals surface area contributed by atoms with E-state index in [-0.39, 0.29) is 5.78 Å². The minimum atomic E-state index is -0.0320. The van der Waals surface area contributed by atoms with Gasteiger partial charge in [0.25, 0.3) is 0 Å². The fourth-order valence-corrected chi connectivity index (χ4v) is 4.49. The van der Waals surface area contributed by atoms with Crippen molar-refractivity contribution in [2.75, 3.05) is 12.4 Å². The van der Waals surface area contributed by atoms with Gasteiger partial charge in [0, 0.05) is 5.39 Å². The summed E-state index contributed by atoms with van der Waals surface area (Å²) in [5, 5.41) is 0.944. The third-order valence-corrected chi connectivity index (χ3v) is 5.84. The highest BCUT2D eigenvalue weighted by molar-refractivity contribution is 8.01. The van der Waals surface area contributed by atoms with E-state index >= 15 is 0 Å². The van der Waals surface area contributed by atoms with Gasteiger partial charge in [0.15, 0.2) is 10.1 Å². The first-order valence-electron chi connectivity index (χ1n) is 7.91. The number of hydrogen-bond donors (Lipinski definition) is 0. The van der Waals surface area contributed by atoms with Crippen LogP contribution in [-0.2, 0) is 0 Å². The Bertz CT molecular complexity index is 1020. The predicted octanol–water partition coefficient (Wildman–Crippen LogP) is 5.42. The molecular weight excluding hydrogens is 354 g/mol. The van der Waals surface area contributed by atoms with Gasteiger partial charge in [0.05, 0.1) is 22.6 Å². The molecule has 2 aromatic heterocycles. The lowest BCUT2D eigenvalue weighted by molar-refractivity contribution is 0.0994. The molecule has 0 aliphatic heterocycles. The van der Waals surface area contributed by atoms with Crippen LogP contribution in [0.4, 0.5) is 0 Å². The van der Waals surface area contributed by atoms with Crippen LogP contribution in [0.1, 0.15) is 17.5 Å². The van der Waals surface area contributed by atoms with Crippen molar-refractivity contribution in [1.29, 1.82) is 0 Å². The first-order valence-corrected chi connectivity index (χ1v) is 9.71. The highest BCUT2D eigenvalue weighted by Gasteiger charge is 2.14. The number of Topliss-reactive ketones (excluding diaryl/α,β-unsaturated/α-hetero) is 1.